The van der Waals surface area contributed by atoms with Crippen molar-refractivity contribution >= 4 is 46.5 Å². The third kappa shape index (κ3) is 4.97. The summed E-state index contributed by atoms with van der Waals surface area (Å²) >= 11 is 1.33. The number of carboxylic acids is 1. The molecule has 0 atom stereocenters. The second-order valence-electron chi connectivity index (χ2n) is 8.53. The van der Waals surface area contributed by atoms with Crippen LogP contribution in [0.4, 0.5) is 10.1 Å². The van der Waals surface area contributed by atoms with E-state index in [9.17, 15) is 14.7 Å². The van der Waals surface area contributed by atoms with Crippen molar-refractivity contribution in [2.45, 2.75) is 20.0 Å². The third-order valence-corrected chi connectivity index (χ3v) is 6.95. The fourth-order valence-electron chi connectivity index (χ4n) is 4.53. The lowest BCUT2D eigenvalue weighted by Crippen LogP contribution is -2.46. The number of carbonyl (C=O) groups is 1. The van der Waals surface area contributed by atoms with Gasteiger partial charge in [-0.3, -0.25) is 9.69 Å². The number of pyridine rings is 1. The quantitative estimate of drug-likeness (QED) is 0.401. The topological polar surface area (TPSA) is 91.6 Å². The first kappa shape index (κ1) is 25.7. The molecule has 4 aromatic rings. The number of rotatable bonds is 6. The highest BCUT2D eigenvalue weighted by Crippen LogP contribution is 2.27. The zero-order valence-electron chi connectivity index (χ0n) is 19.6. The zero-order chi connectivity index (χ0) is 24.5. The number of aromatic carboxylic acids is 1. The summed E-state index contributed by atoms with van der Waals surface area (Å²) in [7, 11) is 0. The van der Waals surface area contributed by atoms with Gasteiger partial charge >= 0.3 is 5.97 Å². The van der Waals surface area contributed by atoms with Gasteiger partial charge < -0.3 is 14.6 Å². The molecule has 188 valence electrons. The van der Waals surface area contributed by atoms with Crippen LogP contribution in [0.15, 0.2) is 52.8 Å². The van der Waals surface area contributed by atoms with E-state index >= 15 is 4.39 Å². The average Bonchev–Trinajstić information content (AvgIpc) is 3.40. The summed E-state index contributed by atoms with van der Waals surface area (Å²) in [6.45, 7) is 5.97. The highest BCUT2D eigenvalue weighted by Gasteiger charge is 2.22. The van der Waals surface area contributed by atoms with Crippen LogP contribution in [0.25, 0.3) is 22.2 Å². The molecule has 0 bridgehead atoms. The van der Waals surface area contributed by atoms with E-state index in [1.54, 1.807) is 10.6 Å². The largest absolute Gasteiger partial charge is 0.477 e. The van der Waals surface area contributed by atoms with Crippen molar-refractivity contribution in [1.29, 1.82) is 0 Å². The maximum atomic E-state index is 15.1. The number of piperazine rings is 1. The Bertz CT molecular complexity index is 1440. The molecule has 1 aliphatic rings. The minimum Gasteiger partial charge on any atom is -0.477 e. The van der Waals surface area contributed by atoms with Crippen molar-refractivity contribution in [3.8, 4) is 11.3 Å². The Morgan fingerprint density at radius 2 is 1.86 bits per heavy atom. The SMILES string of the molecule is CCn1cc(C(=O)O)c(=O)c2cc(F)c(N3CCN(Cc4ccc(-c5csnn5)cc4)CC3)cc21.Cl. The number of anilines is 1. The van der Waals surface area contributed by atoms with Gasteiger partial charge in [-0.05, 0) is 36.2 Å². The number of benzene rings is 2. The fraction of sp³-hybridized carbons (Fsp3) is 0.280. The molecule has 5 rings (SSSR count). The van der Waals surface area contributed by atoms with Crippen LogP contribution in [0.1, 0.15) is 22.8 Å². The third-order valence-electron chi connectivity index (χ3n) is 6.45. The van der Waals surface area contributed by atoms with Gasteiger partial charge in [0.25, 0.3) is 0 Å². The molecule has 0 saturated carbocycles. The Morgan fingerprint density at radius 3 is 2.47 bits per heavy atom. The van der Waals surface area contributed by atoms with E-state index in [0.29, 0.717) is 30.8 Å². The van der Waals surface area contributed by atoms with Crippen LogP contribution in [0.2, 0.25) is 0 Å². The number of nitrogens with zero attached hydrogens (tertiary/aromatic N) is 5. The van der Waals surface area contributed by atoms with Gasteiger partial charge in [0.15, 0.2) is 0 Å². The summed E-state index contributed by atoms with van der Waals surface area (Å²) in [4.78, 5) is 28.3. The van der Waals surface area contributed by atoms with Gasteiger partial charge in [-0.2, -0.15) is 0 Å². The summed E-state index contributed by atoms with van der Waals surface area (Å²) in [6.07, 6.45) is 1.34. The van der Waals surface area contributed by atoms with Crippen LogP contribution in [-0.4, -0.2) is 56.3 Å². The van der Waals surface area contributed by atoms with E-state index in [0.717, 1.165) is 30.9 Å². The maximum absolute atomic E-state index is 15.1. The first-order valence-corrected chi connectivity index (χ1v) is 12.2. The molecule has 0 radical (unpaired) electrons. The summed E-state index contributed by atoms with van der Waals surface area (Å²) in [5, 5.41) is 15.4. The van der Waals surface area contributed by atoms with Crippen molar-refractivity contribution in [2.75, 3.05) is 31.1 Å². The Morgan fingerprint density at radius 1 is 1.14 bits per heavy atom. The number of halogens is 2. The van der Waals surface area contributed by atoms with Crippen LogP contribution in [0, 0.1) is 5.82 Å². The fourth-order valence-corrected chi connectivity index (χ4v) is 5.00. The van der Waals surface area contributed by atoms with Gasteiger partial charge in [0.2, 0.25) is 5.43 Å². The Kier molecular flexibility index (Phi) is 7.67. The second kappa shape index (κ2) is 10.7. The first-order valence-electron chi connectivity index (χ1n) is 11.4. The van der Waals surface area contributed by atoms with Gasteiger partial charge in [-0.15, -0.1) is 17.5 Å². The highest BCUT2D eigenvalue weighted by atomic mass is 35.5. The Hall–Kier alpha value is -3.34. The van der Waals surface area contributed by atoms with Crippen molar-refractivity contribution < 1.29 is 14.3 Å². The van der Waals surface area contributed by atoms with Crippen LogP contribution >= 0.6 is 23.9 Å². The molecule has 1 aliphatic heterocycles. The van der Waals surface area contributed by atoms with Crippen LogP contribution in [-0.2, 0) is 13.1 Å². The van der Waals surface area contributed by atoms with Crippen molar-refractivity contribution in [1.82, 2.24) is 19.1 Å². The smallest absolute Gasteiger partial charge is 0.341 e. The second-order valence-corrected chi connectivity index (χ2v) is 9.14. The predicted molar refractivity (Wildman–Crippen MR) is 141 cm³/mol. The van der Waals surface area contributed by atoms with Crippen molar-refractivity contribution in [3.63, 3.8) is 0 Å². The number of fused-ring (bicyclic) bond motifs is 1. The minimum atomic E-state index is -1.31. The molecule has 2 aromatic heterocycles. The lowest BCUT2D eigenvalue weighted by Gasteiger charge is -2.36. The summed E-state index contributed by atoms with van der Waals surface area (Å²) in [5.41, 5.74) is 3.07. The Labute approximate surface area is 217 Å². The molecule has 0 unspecified atom stereocenters. The Balaban J connectivity index is 0.00000304. The lowest BCUT2D eigenvalue weighted by molar-refractivity contribution is 0.0695. The van der Waals surface area contributed by atoms with E-state index in [1.807, 2.05) is 17.2 Å². The minimum absolute atomic E-state index is 0. The van der Waals surface area contributed by atoms with E-state index in [1.165, 1.54) is 29.4 Å². The van der Waals surface area contributed by atoms with E-state index in [4.69, 9.17) is 0 Å². The van der Waals surface area contributed by atoms with Gasteiger partial charge in [-0.1, -0.05) is 28.8 Å². The molecule has 1 N–H and O–H groups in total. The highest BCUT2D eigenvalue weighted by molar-refractivity contribution is 7.03. The number of hydrogen-bond donors (Lipinski definition) is 1. The molecule has 3 heterocycles. The molecule has 1 saturated heterocycles. The molecule has 2 aromatic carbocycles. The van der Waals surface area contributed by atoms with E-state index in [-0.39, 0.29) is 23.4 Å². The normalized spacial score (nSPS) is 14.1. The first-order chi connectivity index (χ1) is 16.9. The van der Waals surface area contributed by atoms with Gasteiger partial charge in [0.05, 0.1) is 11.2 Å². The summed E-state index contributed by atoms with van der Waals surface area (Å²) in [6, 6.07) is 11.1. The van der Waals surface area contributed by atoms with Crippen LogP contribution in [0.5, 0.6) is 0 Å². The molecule has 0 aliphatic carbocycles. The molecule has 11 heteroatoms. The molecule has 8 nitrogen and oxygen atoms in total. The zero-order valence-corrected chi connectivity index (χ0v) is 21.2. The average molecular weight is 530 g/mol. The predicted octanol–water partition coefficient (Wildman–Crippen LogP) is 4.12. The van der Waals surface area contributed by atoms with Crippen LogP contribution in [0.3, 0.4) is 0 Å². The standard InChI is InChI=1S/C25H24FN5O3S.ClH/c1-2-30-14-19(25(33)34)24(32)18-11-20(26)23(12-22(18)30)31-9-7-29(8-10-31)13-16-3-5-17(6-4-16)21-15-35-28-27-21;/h3-6,11-12,14-15H,2,7-10,13H2,1H3,(H,33,34);1H. The number of aryl methyl sites for hydroxylation is 1. The lowest BCUT2D eigenvalue weighted by atomic mass is 10.1. The van der Waals surface area contributed by atoms with E-state index < -0.39 is 17.2 Å². The molecule has 0 spiro atoms. The van der Waals surface area contributed by atoms with Gasteiger partial charge in [-0.25, -0.2) is 9.18 Å². The monoisotopic (exact) mass is 529 g/mol. The van der Waals surface area contributed by atoms with Gasteiger partial charge in [0, 0.05) is 61.8 Å². The maximum Gasteiger partial charge on any atom is 0.341 e. The molecular weight excluding hydrogens is 505 g/mol. The van der Waals surface area contributed by atoms with Crippen molar-refractivity contribution in [3.05, 3.63) is 75.1 Å². The summed E-state index contributed by atoms with van der Waals surface area (Å²) in [5.74, 6) is -1.82. The number of carboxylic acid groups (broad SMARTS) is 1. The molecular formula is C25H25ClFN5O3S. The number of aromatic nitrogens is 3. The van der Waals surface area contributed by atoms with Gasteiger partial charge in [0.1, 0.15) is 17.1 Å². The van der Waals surface area contributed by atoms with Crippen molar-refractivity contribution in [2.24, 2.45) is 0 Å². The number of hydrogen-bond acceptors (Lipinski definition) is 7. The van der Waals surface area contributed by atoms with E-state index in [2.05, 4.69) is 38.8 Å². The molecule has 1 fully saturated rings. The molecule has 36 heavy (non-hydrogen) atoms. The summed E-state index contributed by atoms with van der Waals surface area (Å²) < 4.78 is 20.7. The van der Waals surface area contributed by atoms with Crippen LogP contribution < -0.4 is 10.3 Å². The molecule has 0 amide bonds.